The van der Waals surface area contributed by atoms with Crippen molar-refractivity contribution < 1.29 is 18.0 Å². The van der Waals surface area contributed by atoms with Crippen molar-refractivity contribution in [1.82, 2.24) is 10.2 Å². The second kappa shape index (κ2) is 8.65. The lowest BCUT2D eigenvalue weighted by atomic mass is 10.2. The number of carbonyl (C=O) groups excluding carboxylic acids is 2. The van der Waals surface area contributed by atoms with E-state index in [0.717, 1.165) is 12.0 Å². The van der Waals surface area contributed by atoms with E-state index >= 15 is 0 Å². The third-order valence-electron chi connectivity index (χ3n) is 5.05. The molecule has 1 aliphatic heterocycles. The lowest BCUT2D eigenvalue weighted by Gasteiger charge is -2.21. The first-order chi connectivity index (χ1) is 13.8. The number of amides is 2. The third-order valence-corrected chi connectivity index (χ3v) is 6.82. The van der Waals surface area contributed by atoms with Gasteiger partial charge in [0.05, 0.1) is 10.6 Å². The number of carbonyl (C=O) groups is 2. The molecule has 0 saturated carbocycles. The third kappa shape index (κ3) is 4.59. The standard InChI is InChI=1S/C21H25N3O4S/c1-16-7-3-4-10-19(16)23(2)29(27,28)18-9-5-8-17(15-18)21(26)22-12-14-24-13-6-11-20(24)25/h3-5,7-10,15H,6,11-14H2,1-2H3,(H,22,26). The van der Waals surface area contributed by atoms with E-state index in [1.54, 1.807) is 29.2 Å². The van der Waals surface area contributed by atoms with E-state index in [2.05, 4.69) is 5.32 Å². The zero-order valence-corrected chi connectivity index (χ0v) is 17.4. The molecule has 1 aliphatic rings. The highest BCUT2D eigenvalue weighted by Gasteiger charge is 2.24. The van der Waals surface area contributed by atoms with Gasteiger partial charge in [-0.2, -0.15) is 0 Å². The second-order valence-electron chi connectivity index (χ2n) is 7.03. The van der Waals surface area contributed by atoms with Gasteiger partial charge >= 0.3 is 0 Å². The Morgan fingerprint density at radius 2 is 1.93 bits per heavy atom. The zero-order valence-electron chi connectivity index (χ0n) is 16.6. The number of nitrogens with one attached hydrogen (secondary N) is 1. The summed E-state index contributed by atoms with van der Waals surface area (Å²) >= 11 is 0. The Morgan fingerprint density at radius 1 is 1.17 bits per heavy atom. The number of sulfonamides is 1. The van der Waals surface area contributed by atoms with E-state index in [-0.39, 0.29) is 22.3 Å². The minimum atomic E-state index is -3.81. The van der Waals surface area contributed by atoms with Crippen molar-refractivity contribution in [2.75, 3.05) is 31.0 Å². The van der Waals surface area contributed by atoms with E-state index in [0.29, 0.717) is 31.7 Å². The fourth-order valence-electron chi connectivity index (χ4n) is 3.35. The Bertz CT molecular complexity index is 1020. The number of aryl methyl sites for hydroxylation is 1. The minimum Gasteiger partial charge on any atom is -0.350 e. The maximum atomic E-state index is 13.0. The van der Waals surface area contributed by atoms with Crippen molar-refractivity contribution in [1.29, 1.82) is 0 Å². The summed E-state index contributed by atoms with van der Waals surface area (Å²) in [5, 5.41) is 2.75. The lowest BCUT2D eigenvalue weighted by molar-refractivity contribution is -0.127. The quantitative estimate of drug-likeness (QED) is 0.751. The van der Waals surface area contributed by atoms with Gasteiger partial charge in [-0.05, 0) is 43.2 Å². The molecule has 1 N–H and O–H groups in total. The number of anilines is 1. The first kappa shape index (κ1) is 20.9. The molecule has 0 spiro atoms. The van der Waals surface area contributed by atoms with Crippen LogP contribution in [0.15, 0.2) is 53.4 Å². The Morgan fingerprint density at radius 3 is 2.62 bits per heavy atom. The molecule has 0 radical (unpaired) electrons. The number of para-hydroxylation sites is 1. The first-order valence-electron chi connectivity index (χ1n) is 9.51. The number of hydrogen-bond acceptors (Lipinski definition) is 4. The fraction of sp³-hybridized carbons (Fsp3) is 0.333. The van der Waals surface area contributed by atoms with Crippen LogP contribution < -0.4 is 9.62 Å². The fourth-order valence-corrected chi connectivity index (χ4v) is 4.66. The SMILES string of the molecule is Cc1ccccc1N(C)S(=O)(=O)c1cccc(C(=O)NCCN2CCCC2=O)c1. The van der Waals surface area contributed by atoms with Gasteiger partial charge in [0.15, 0.2) is 0 Å². The van der Waals surface area contributed by atoms with Gasteiger partial charge < -0.3 is 10.2 Å². The molecule has 2 aromatic rings. The normalized spacial score (nSPS) is 14.1. The molecule has 0 unspecified atom stereocenters. The molecule has 3 rings (SSSR count). The van der Waals surface area contributed by atoms with E-state index in [9.17, 15) is 18.0 Å². The van der Waals surface area contributed by atoms with Crippen LogP contribution in [0.5, 0.6) is 0 Å². The van der Waals surface area contributed by atoms with Crippen LogP contribution in [0.2, 0.25) is 0 Å². The van der Waals surface area contributed by atoms with Gasteiger partial charge in [-0.1, -0.05) is 24.3 Å². The summed E-state index contributed by atoms with van der Waals surface area (Å²) in [4.78, 5) is 25.8. The molecule has 8 heteroatoms. The zero-order chi connectivity index (χ0) is 21.0. The van der Waals surface area contributed by atoms with Crippen molar-refractivity contribution >= 4 is 27.5 Å². The Labute approximate surface area is 171 Å². The number of nitrogens with zero attached hydrogens (tertiary/aromatic N) is 2. The molecule has 0 aliphatic carbocycles. The van der Waals surface area contributed by atoms with Crippen LogP contribution in [-0.2, 0) is 14.8 Å². The van der Waals surface area contributed by atoms with Gasteiger partial charge in [-0.3, -0.25) is 13.9 Å². The average molecular weight is 416 g/mol. The molecule has 2 amide bonds. The molecule has 1 fully saturated rings. The van der Waals surface area contributed by atoms with Crippen molar-refractivity contribution in [2.24, 2.45) is 0 Å². The number of benzene rings is 2. The number of rotatable bonds is 7. The highest BCUT2D eigenvalue weighted by atomic mass is 32.2. The van der Waals surface area contributed by atoms with E-state index in [4.69, 9.17) is 0 Å². The van der Waals surface area contributed by atoms with Crippen molar-refractivity contribution in [2.45, 2.75) is 24.7 Å². The van der Waals surface area contributed by atoms with Gasteiger partial charge in [-0.25, -0.2) is 8.42 Å². The van der Waals surface area contributed by atoms with Crippen LogP contribution in [0.25, 0.3) is 0 Å². The monoisotopic (exact) mass is 415 g/mol. The van der Waals surface area contributed by atoms with Gasteiger partial charge in [0.25, 0.3) is 15.9 Å². The number of hydrogen-bond donors (Lipinski definition) is 1. The van der Waals surface area contributed by atoms with Crippen LogP contribution in [0.4, 0.5) is 5.69 Å². The summed E-state index contributed by atoms with van der Waals surface area (Å²) in [6.07, 6.45) is 1.41. The van der Waals surface area contributed by atoms with Crippen molar-refractivity contribution in [3.8, 4) is 0 Å². The van der Waals surface area contributed by atoms with Gasteiger partial charge in [0.1, 0.15) is 0 Å². The van der Waals surface area contributed by atoms with Gasteiger partial charge in [0.2, 0.25) is 5.91 Å². The summed E-state index contributed by atoms with van der Waals surface area (Å²) in [7, 11) is -2.31. The van der Waals surface area contributed by atoms with Crippen LogP contribution in [-0.4, -0.2) is 51.8 Å². The maximum absolute atomic E-state index is 13.0. The summed E-state index contributed by atoms with van der Waals surface area (Å²) in [6.45, 7) is 3.34. The second-order valence-corrected chi connectivity index (χ2v) is 9.00. The van der Waals surface area contributed by atoms with Crippen LogP contribution in [0, 0.1) is 6.92 Å². The summed E-state index contributed by atoms with van der Waals surface area (Å²) in [5.41, 5.74) is 1.68. The summed E-state index contributed by atoms with van der Waals surface area (Å²) in [5.74, 6) is -0.265. The smallest absolute Gasteiger partial charge is 0.264 e. The highest BCUT2D eigenvalue weighted by molar-refractivity contribution is 7.92. The van der Waals surface area contributed by atoms with E-state index < -0.39 is 10.0 Å². The maximum Gasteiger partial charge on any atom is 0.264 e. The van der Waals surface area contributed by atoms with Crippen LogP contribution >= 0.6 is 0 Å². The van der Waals surface area contributed by atoms with Gasteiger partial charge in [0, 0.05) is 38.7 Å². The average Bonchev–Trinajstić information content (AvgIpc) is 3.12. The van der Waals surface area contributed by atoms with Crippen LogP contribution in [0.1, 0.15) is 28.8 Å². The largest absolute Gasteiger partial charge is 0.350 e. The first-order valence-corrected chi connectivity index (χ1v) is 11.0. The molecule has 0 bridgehead atoms. The number of likely N-dealkylation sites (tertiary alicyclic amines) is 1. The molecular formula is C21H25N3O4S. The molecule has 29 heavy (non-hydrogen) atoms. The van der Waals surface area contributed by atoms with Gasteiger partial charge in [-0.15, -0.1) is 0 Å². The van der Waals surface area contributed by atoms with E-state index in [1.807, 2.05) is 19.1 Å². The van der Waals surface area contributed by atoms with E-state index in [1.165, 1.54) is 23.5 Å². The molecule has 2 aromatic carbocycles. The Hall–Kier alpha value is -2.87. The Balaban J connectivity index is 1.71. The summed E-state index contributed by atoms with van der Waals surface area (Å²) in [6, 6.07) is 13.2. The Kier molecular flexibility index (Phi) is 6.22. The minimum absolute atomic E-state index is 0.0469. The molecule has 1 saturated heterocycles. The predicted molar refractivity (Wildman–Crippen MR) is 111 cm³/mol. The molecule has 0 atom stereocenters. The molecule has 154 valence electrons. The highest BCUT2D eigenvalue weighted by Crippen LogP contribution is 2.25. The van der Waals surface area contributed by atoms with Crippen LogP contribution in [0.3, 0.4) is 0 Å². The lowest BCUT2D eigenvalue weighted by Crippen LogP contribution is -2.35. The van der Waals surface area contributed by atoms with Crippen molar-refractivity contribution in [3.05, 3.63) is 59.7 Å². The molecule has 1 heterocycles. The topological polar surface area (TPSA) is 86.8 Å². The predicted octanol–water partition coefficient (Wildman–Crippen LogP) is 2.17. The molecular weight excluding hydrogens is 390 g/mol. The van der Waals surface area contributed by atoms with Crippen molar-refractivity contribution in [3.63, 3.8) is 0 Å². The molecule has 7 nitrogen and oxygen atoms in total. The summed E-state index contributed by atoms with van der Waals surface area (Å²) < 4.78 is 27.3. The molecule has 0 aromatic heterocycles.